The normalized spacial score (nSPS) is 29.2. The van der Waals surface area contributed by atoms with Crippen LogP contribution >= 0.6 is 0 Å². The fraction of sp³-hybridized carbons (Fsp3) is 0.818. The Morgan fingerprint density at radius 1 is 1.41 bits per heavy atom. The van der Waals surface area contributed by atoms with Gasteiger partial charge < -0.3 is 14.9 Å². The molecule has 1 aliphatic heterocycles. The Morgan fingerprint density at radius 2 is 1.94 bits per heavy atom. The Labute approximate surface area is 100 Å². The van der Waals surface area contributed by atoms with Crippen molar-refractivity contribution in [1.29, 1.82) is 0 Å². The molecular weight excluding hydrogens is 226 g/mol. The maximum Gasteiger partial charge on any atom is 0.411 e. The largest absolute Gasteiger partial charge is 0.480 e. The smallest absolute Gasteiger partial charge is 0.411 e. The first kappa shape index (κ1) is 13.8. The van der Waals surface area contributed by atoms with E-state index in [2.05, 4.69) is 0 Å². The molecule has 2 N–H and O–H groups in total. The number of carboxylic acid groups (broad SMARTS) is 1. The number of nitrogens with zero attached hydrogens (tertiary/aromatic N) is 1. The zero-order valence-electron chi connectivity index (χ0n) is 10.6. The van der Waals surface area contributed by atoms with Crippen molar-refractivity contribution in [2.24, 2.45) is 0 Å². The van der Waals surface area contributed by atoms with Crippen LogP contribution in [0.15, 0.2) is 0 Å². The molecule has 0 aromatic heterocycles. The molecule has 98 valence electrons. The summed E-state index contributed by atoms with van der Waals surface area (Å²) in [7, 11) is 0. The number of aliphatic carboxylic acids is 1. The molecule has 1 amide bonds. The second-order valence-electron chi connectivity index (χ2n) is 5.53. The number of carboxylic acids is 1. The van der Waals surface area contributed by atoms with E-state index in [4.69, 9.17) is 9.84 Å². The first-order valence-electron chi connectivity index (χ1n) is 5.48. The Bertz CT molecular complexity index is 335. The number of aliphatic hydroxyl groups is 1. The van der Waals surface area contributed by atoms with E-state index in [0.29, 0.717) is 0 Å². The highest BCUT2D eigenvalue weighted by molar-refractivity contribution is 5.85. The summed E-state index contributed by atoms with van der Waals surface area (Å²) in [4.78, 5) is 24.1. The van der Waals surface area contributed by atoms with Gasteiger partial charge in [0.2, 0.25) is 0 Å². The number of amides is 1. The van der Waals surface area contributed by atoms with Gasteiger partial charge >= 0.3 is 12.1 Å². The summed E-state index contributed by atoms with van der Waals surface area (Å²) >= 11 is 0. The number of carbonyl (C=O) groups is 2. The van der Waals surface area contributed by atoms with Crippen molar-refractivity contribution in [3.05, 3.63) is 0 Å². The third-order valence-electron chi connectivity index (χ3n) is 2.70. The van der Waals surface area contributed by atoms with Gasteiger partial charge in [-0.15, -0.1) is 0 Å². The second kappa shape index (κ2) is 4.18. The van der Waals surface area contributed by atoms with Crippen LogP contribution < -0.4 is 0 Å². The summed E-state index contributed by atoms with van der Waals surface area (Å²) in [6.07, 6.45) is -1.52. The summed E-state index contributed by atoms with van der Waals surface area (Å²) in [6.45, 7) is 6.51. The van der Waals surface area contributed by atoms with Crippen molar-refractivity contribution in [3.8, 4) is 0 Å². The highest BCUT2D eigenvalue weighted by Gasteiger charge is 2.51. The minimum absolute atomic E-state index is 0.0155. The molecule has 0 aromatic carbocycles. The molecule has 0 spiro atoms. The summed E-state index contributed by atoms with van der Waals surface area (Å²) in [5.41, 5.74) is -2.09. The minimum Gasteiger partial charge on any atom is -0.480 e. The molecular formula is C11H19NO5. The molecule has 0 saturated carbocycles. The van der Waals surface area contributed by atoms with Crippen LogP contribution in [-0.4, -0.2) is 51.0 Å². The van der Waals surface area contributed by atoms with E-state index in [-0.39, 0.29) is 13.0 Å². The van der Waals surface area contributed by atoms with E-state index in [1.165, 1.54) is 6.92 Å². The number of likely N-dealkylation sites (tertiary alicyclic amines) is 1. The predicted octanol–water partition coefficient (Wildman–Crippen LogP) is 0.831. The second-order valence-corrected chi connectivity index (χ2v) is 5.53. The Hall–Kier alpha value is -1.30. The molecule has 1 saturated heterocycles. The molecule has 2 atom stereocenters. The van der Waals surface area contributed by atoms with Crippen LogP contribution in [0.5, 0.6) is 0 Å². The summed E-state index contributed by atoms with van der Waals surface area (Å²) < 4.78 is 5.13. The lowest BCUT2D eigenvalue weighted by Crippen LogP contribution is -2.52. The lowest BCUT2D eigenvalue weighted by atomic mass is 9.99. The van der Waals surface area contributed by atoms with Crippen LogP contribution in [0.1, 0.15) is 34.1 Å². The molecule has 0 radical (unpaired) electrons. The summed E-state index contributed by atoms with van der Waals surface area (Å²) in [5.74, 6) is -1.14. The average Bonchev–Trinajstić information content (AvgIpc) is 2.40. The SMILES string of the molecule is CC(C)(C)OC(=O)N1C[C@H](O)CC1(C)C(=O)O. The van der Waals surface area contributed by atoms with E-state index >= 15 is 0 Å². The number of carbonyl (C=O) groups excluding carboxylic acids is 1. The minimum atomic E-state index is -1.40. The third-order valence-corrected chi connectivity index (χ3v) is 2.70. The Morgan fingerprint density at radius 3 is 2.35 bits per heavy atom. The number of hydrogen-bond acceptors (Lipinski definition) is 4. The predicted molar refractivity (Wildman–Crippen MR) is 59.6 cm³/mol. The molecule has 0 aliphatic carbocycles. The molecule has 17 heavy (non-hydrogen) atoms. The van der Waals surface area contributed by atoms with Crippen molar-refractivity contribution in [2.45, 2.75) is 51.4 Å². The van der Waals surface area contributed by atoms with E-state index in [9.17, 15) is 14.7 Å². The number of aliphatic hydroxyl groups excluding tert-OH is 1. The fourth-order valence-electron chi connectivity index (χ4n) is 1.84. The number of ether oxygens (including phenoxy) is 1. The topological polar surface area (TPSA) is 87.1 Å². The van der Waals surface area contributed by atoms with E-state index in [1.54, 1.807) is 20.8 Å². The fourth-order valence-corrected chi connectivity index (χ4v) is 1.84. The zero-order valence-corrected chi connectivity index (χ0v) is 10.6. The molecule has 1 fully saturated rings. The van der Waals surface area contributed by atoms with Crippen LogP contribution in [0.3, 0.4) is 0 Å². The van der Waals surface area contributed by atoms with Gasteiger partial charge in [0, 0.05) is 6.42 Å². The standard InChI is InChI=1S/C11H19NO5/c1-10(2,3)17-9(16)12-6-7(13)5-11(12,4)8(14)15/h7,13H,5-6H2,1-4H3,(H,14,15)/t7-,11?/m1/s1. The quantitative estimate of drug-likeness (QED) is 0.714. The van der Waals surface area contributed by atoms with Crippen molar-refractivity contribution in [1.82, 2.24) is 4.90 Å². The molecule has 0 aromatic rings. The summed E-state index contributed by atoms with van der Waals surface area (Å²) in [6, 6.07) is 0. The van der Waals surface area contributed by atoms with Crippen molar-refractivity contribution >= 4 is 12.1 Å². The van der Waals surface area contributed by atoms with Crippen LogP contribution in [0.4, 0.5) is 4.79 Å². The highest BCUT2D eigenvalue weighted by atomic mass is 16.6. The Kier molecular flexibility index (Phi) is 3.38. The third kappa shape index (κ3) is 2.88. The van der Waals surface area contributed by atoms with E-state index in [0.717, 1.165) is 4.90 Å². The zero-order chi connectivity index (χ0) is 13.4. The van der Waals surface area contributed by atoms with E-state index in [1.807, 2.05) is 0 Å². The van der Waals surface area contributed by atoms with Crippen molar-refractivity contribution in [2.75, 3.05) is 6.54 Å². The molecule has 1 heterocycles. The number of β-amino-alcohol motifs (C(OH)–C–C–N with tert-alkyl or cyclic N) is 1. The van der Waals surface area contributed by atoms with Crippen molar-refractivity contribution < 1.29 is 24.5 Å². The van der Waals surface area contributed by atoms with Crippen LogP contribution in [0.25, 0.3) is 0 Å². The molecule has 6 nitrogen and oxygen atoms in total. The van der Waals surface area contributed by atoms with Crippen molar-refractivity contribution in [3.63, 3.8) is 0 Å². The molecule has 1 unspecified atom stereocenters. The van der Waals surface area contributed by atoms with Crippen LogP contribution in [-0.2, 0) is 9.53 Å². The first-order valence-corrected chi connectivity index (χ1v) is 5.48. The maximum absolute atomic E-state index is 11.9. The van der Waals surface area contributed by atoms with Gasteiger partial charge in [-0.25, -0.2) is 9.59 Å². The van der Waals surface area contributed by atoms with Gasteiger partial charge in [-0.1, -0.05) is 0 Å². The maximum atomic E-state index is 11.9. The molecule has 0 bridgehead atoms. The molecule has 6 heteroatoms. The lowest BCUT2D eigenvalue weighted by molar-refractivity contribution is -0.148. The summed E-state index contributed by atoms with van der Waals surface area (Å²) in [5, 5.41) is 18.7. The highest BCUT2D eigenvalue weighted by Crippen LogP contribution is 2.31. The number of rotatable bonds is 1. The first-order chi connectivity index (χ1) is 7.56. The van der Waals surface area contributed by atoms with Gasteiger partial charge in [0.15, 0.2) is 0 Å². The number of hydrogen-bond donors (Lipinski definition) is 2. The molecule has 1 rings (SSSR count). The Balaban J connectivity index is 2.88. The van der Waals surface area contributed by atoms with Crippen LogP contribution in [0.2, 0.25) is 0 Å². The average molecular weight is 245 g/mol. The van der Waals surface area contributed by atoms with Gasteiger partial charge in [-0.2, -0.15) is 0 Å². The van der Waals surface area contributed by atoms with Crippen LogP contribution in [0, 0.1) is 0 Å². The molecule has 1 aliphatic rings. The monoisotopic (exact) mass is 245 g/mol. The van der Waals surface area contributed by atoms with Gasteiger partial charge in [0.25, 0.3) is 0 Å². The van der Waals surface area contributed by atoms with E-state index < -0.39 is 29.3 Å². The van der Waals surface area contributed by atoms with Gasteiger partial charge in [0.1, 0.15) is 11.1 Å². The lowest BCUT2D eigenvalue weighted by Gasteiger charge is -2.32. The van der Waals surface area contributed by atoms with Gasteiger partial charge in [0.05, 0.1) is 12.6 Å². The van der Waals surface area contributed by atoms with Gasteiger partial charge in [-0.3, -0.25) is 4.90 Å². The van der Waals surface area contributed by atoms with Gasteiger partial charge in [-0.05, 0) is 27.7 Å².